The molecule has 0 heterocycles. The maximum absolute atomic E-state index is 12.0. The van der Waals surface area contributed by atoms with Gasteiger partial charge in [-0.2, -0.15) is 0 Å². The van der Waals surface area contributed by atoms with Crippen molar-refractivity contribution in [3.63, 3.8) is 0 Å². The van der Waals surface area contributed by atoms with Crippen LogP contribution in [0, 0.1) is 0 Å². The number of carbonyl (C=O) groups excluding carboxylic acids is 1. The van der Waals surface area contributed by atoms with E-state index in [4.69, 9.17) is 5.11 Å². The van der Waals surface area contributed by atoms with Crippen molar-refractivity contribution in [1.82, 2.24) is 5.32 Å². The Labute approximate surface area is 112 Å². The highest BCUT2D eigenvalue weighted by Crippen LogP contribution is 2.15. The minimum absolute atomic E-state index is 0.353. The lowest BCUT2D eigenvalue weighted by molar-refractivity contribution is -0.142. The number of amides is 1. The van der Waals surface area contributed by atoms with Crippen LogP contribution >= 0.6 is 0 Å². The lowest BCUT2D eigenvalue weighted by Crippen LogP contribution is -2.43. The third-order valence-electron chi connectivity index (χ3n) is 2.89. The van der Waals surface area contributed by atoms with Gasteiger partial charge < -0.3 is 15.5 Å². The van der Waals surface area contributed by atoms with Crippen LogP contribution in [0.3, 0.4) is 0 Å². The van der Waals surface area contributed by atoms with Crippen LogP contribution in [0.1, 0.15) is 31.2 Å². The summed E-state index contributed by atoms with van der Waals surface area (Å²) < 4.78 is 0. The quantitative estimate of drug-likeness (QED) is 0.690. The number of hydrogen-bond donors (Lipinski definition) is 3. The molecule has 0 aliphatic rings. The molecule has 0 saturated carbocycles. The number of nitrogens with one attached hydrogen (secondary N) is 1. The van der Waals surface area contributed by atoms with Crippen LogP contribution in [0.5, 0.6) is 0 Å². The molecule has 0 aromatic heterocycles. The van der Waals surface area contributed by atoms with Crippen LogP contribution in [0.15, 0.2) is 30.3 Å². The monoisotopic (exact) mass is 265 g/mol. The Balaban J connectivity index is 2.76. The second kappa shape index (κ2) is 7.53. The molecule has 1 aromatic rings. The SMILES string of the molecule is CCCC(NC(=O)C(CO)c1ccccc1)C(=O)O. The Morgan fingerprint density at radius 3 is 2.37 bits per heavy atom. The van der Waals surface area contributed by atoms with Crippen LogP contribution in [0.4, 0.5) is 0 Å². The van der Waals surface area contributed by atoms with Crippen molar-refractivity contribution >= 4 is 11.9 Å². The largest absolute Gasteiger partial charge is 0.480 e. The van der Waals surface area contributed by atoms with E-state index in [0.717, 1.165) is 0 Å². The second-order valence-electron chi connectivity index (χ2n) is 4.33. The van der Waals surface area contributed by atoms with Crippen LogP contribution in [0.2, 0.25) is 0 Å². The highest BCUT2D eigenvalue weighted by atomic mass is 16.4. The van der Waals surface area contributed by atoms with Gasteiger partial charge in [-0.1, -0.05) is 43.7 Å². The molecule has 0 radical (unpaired) electrons. The Hall–Kier alpha value is -1.88. The number of carboxylic acid groups (broad SMARTS) is 1. The van der Waals surface area contributed by atoms with E-state index in [2.05, 4.69) is 5.32 Å². The number of hydrogen-bond acceptors (Lipinski definition) is 3. The van der Waals surface area contributed by atoms with Crippen LogP contribution in [-0.2, 0) is 9.59 Å². The smallest absolute Gasteiger partial charge is 0.326 e. The standard InChI is InChI=1S/C14H19NO4/c1-2-6-12(14(18)19)15-13(17)11(9-16)10-7-4-3-5-8-10/h3-5,7-8,11-12,16H,2,6,9H2,1H3,(H,15,17)(H,18,19). The number of aliphatic carboxylic acids is 1. The predicted molar refractivity (Wildman–Crippen MR) is 70.7 cm³/mol. The Morgan fingerprint density at radius 2 is 1.89 bits per heavy atom. The fourth-order valence-corrected chi connectivity index (χ4v) is 1.84. The maximum atomic E-state index is 12.0. The van der Waals surface area contributed by atoms with E-state index in [1.807, 2.05) is 13.0 Å². The fourth-order valence-electron chi connectivity index (χ4n) is 1.84. The lowest BCUT2D eigenvalue weighted by Gasteiger charge is -2.19. The first kappa shape index (κ1) is 15.2. The zero-order valence-electron chi connectivity index (χ0n) is 10.9. The van der Waals surface area contributed by atoms with Crippen molar-refractivity contribution < 1.29 is 19.8 Å². The summed E-state index contributed by atoms with van der Waals surface area (Å²) in [5.41, 5.74) is 0.670. The molecular formula is C14H19NO4. The summed E-state index contributed by atoms with van der Waals surface area (Å²) in [7, 11) is 0. The zero-order valence-corrected chi connectivity index (χ0v) is 10.9. The van der Waals surface area contributed by atoms with Gasteiger partial charge in [0, 0.05) is 0 Å². The van der Waals surface area contributed by atoms with Gasteiger partial charge in [-0.25, -0.2) is 4.79 Å². The van der Waals surface area contributed by atoms with E-state index in [1.165, 1.54) is 0 Å². The summed E-state index contributed by atoms with van der Waals surface area (Å²) >= 11 is 0. The normalized spacial score (nSPS) is 13.6. The van der Waals surface area contributed by atoms with Gasteiger partial charge in [-0.3, -0.25) is 4.79 Å². The molecule has 0 spiro atoms. The first-order chi connectivity index (χ1) is 9.10. The van der Waals surface area contributed by atoms with Gasteiger partial charge in [0.15, 0.2) is 0 Å². The molecule has 19 heavy (non-hydrogen) atoms. The Bertz CT molecular complexity index is 419. The van der Waals surface area contributed by atoms with Crippen LogP contribution in [-0.4, -0.2) is 34.7 Å². The number of carbonyl (C=O) groups is 2. The molecule has 5 nitrogen and oxygen atoms in total. The molecule has 0 aliphatic carbocycles. The highest BCUT2D eigenvalue weighted by molar-refractivity contribution is 5.88. The molecule has 1 aromatic carbocycles. The van der Waals surface area contributed by atoms with Crippen molar-refractivity contribution in [2.75, 3.05) is 6.61 Å². The summed E-state index contributed by atoms with van der Waals surface area (Å²) in [4.78, 5) is 23.0. The van der Waals surface area contributed by atoms with Crippen LogP contribution < -0.4 is 5.32 Å². The average Bonchev–Trinajstić information content (AvgIpc) is 2.40. The molecule has 0 fully saturated rings. The minimum atomic E-state index is -1.06. The number of rotatable bonds is 7. The van der Waals surface area contributed by atoms with Gasteiger partial charge in [-0.15, -0.1) is 0 Å². The topological polar surface area (TPSA) is 86.6 Å². The van der Waals surface area contributed by atoms with Gasteiger partial charge in [0.05, 0.1) is 12.5 Å². The van der Waals surface area contributed by atoms with Crippen molar-refractivity contribution in [2.45, 2.75) is 31.7 Å². The van der Waals surface area contributed by atoms with Crippen molar-refractivity contribution in [2.24, 2.45) is 0 Å². The lowest BCUT2D eigenvalue weighted by atomic mass is 9.98. The van der Waals surface area contributed by atoms with E-state index in [-0.39, 0.29) is 6.61 Å². The molecule has 0 bridgehead atoms. The Morgan fingerprint density at radius 1 is 1.26 bits per heavy atom. The Kier molecular flexibility index (Phi) is 6.02. The van der Waals surface area contributed by atoms with Crippen molar-refractivity contribution in [3.8, 4) is 0 Å². The van der Waals surface area contributed by atoms with Crippen molar-refractivity contribution in [1.29, 1.82) is 0 Å². The molecular weight excluding hydrogens is 246 g/mol. The van der Waals surface area contributed by atoms with E-state index < -0.39 is 23.8 Å². The van der Waals surface area contributed by atoms with Crippen molar-refractivity contribution in [3.05, 3.63) is 35.9 Å². The molecule has 1 rings (SSSR count). The number of carboxylic acids is 1. The maximum Gasteiger partial charge on any atom is 0.326 e. The van der Waals surface area contributed by atoms with Crippen LogP contribution in [0.25, 0.3) is 0 Å². The molecule has 1 amide bonds. The van der Waals surface area contributed by atoms with E-state index in [0.29, 0.717) is 18.4 Å². The number of aliphatic hydroxyl groups is 1. The number of aliphatic hydroxyl groups excluding tert-OH is 1. The van der Waals surface area contributed by atoms with Gasteiger partial charge in [-0.05, 0) is 12.0 Å². The third kappa shape index (κ3) is 4.37. The predicted octanol–water partition coefficient (Wildman–Crippen LogP) is 1.13. The number of benzene rings is 1. The summed E-state index contributed by atoms with van der Waals surface area (Å²) in [6.07, 6.45) is 1.03. The summed E-state index contributed by atoms with van der Waals surface area (Å²) in [5, 5.41) is 20.8. The average molecular weight is 265 g/mol. The fraction of sp³-hybridized carbons (Fsp3) is 0.429. The van der Waals surface area contributed by atoms with Gasteiger partial charge >= 0.3 is 5.97 Å². The zero-order chi connectivity index (χ0) is 14.3. The summed E-state index contributed by atoms with van der Waals surface area (Å²) in [5.74, 6) is -2.26. The summed E-state index contributed by atoms with van der Waals surface area (Å²) in [6.45, 7) is 1.50. The van der Waals surface area contributed by atoms with E-state index >= 15 is 0 Å². The molecule has 5 heteroatoms. The molecule has 2 unspecified atom stereocenters. The first-order valence-corrected chi connectivity index (χ1v) is 6.29. The molecule has 2 atom stereocenters. The summed E-state index contributed by atoms with van der Waals surface area (Å²) in [6, 6.07) is 7.91. The van der Waals surface area contributed by atoms with E-state index in [1.54, 1.807) is 24.3 Å². The molecule has 3 N–H and O–H groups in total. The first-order valence-electron chi connectivity index (χ1n) is 6.29. The second-order valence-corrected chi connectivity index (χ2v) is 4.33. The van der Waals surface area contributed by atoms with Gasteiger partial charge in [0.25, 0.3) is 0 Å². The molecule has 0 saturated heterocycles. The molecule has 0 aliphatic heterocycles. The molecule has 104 valence electrons. The van der Waals surface area contributed by atoms with E-state index in [9.17, 15) is 14.7 Å². The van der Waals surface area contributed by atoms with Gasteiger partial charge in [0.1, 0.15) is 6.04 Å². The third-order valence-corrected chi connectivity index (χ3v) is 2.89. The highest BCUT2D eigenvalue weighted by Gasteiger charge is 2.25. The van der Waals surface area contributed by atoms with Gasteiger partial charge in [0.2, 0.25) is 5.91 Å². The minimum Gasteiger partial charge on any atom is -0.480 e.